The number of benzene rings is 2. The van der Waals surface area contributed by atoms with Crippen molar-refractivity contribution in [3.8, 4) is 17.0 Å². The minimum Gasteiger partial charge on any atom is -0.494 e. The molecule has 17 nitrogen and oxygen atoms in total. The second-order valence-electron chi connectivity index (χ2n) is 12.7. The highest BCUT2D eigenvalue weighted by Crippen LogP contribution is 2.31. The number of halogens is 2. The Balaban J connectivity index is 1.26. The summed E-state index contributed by atoms with van der Waals surface area (Å²) in [7, 11) is 1.25. The first kappa shape index (κ1) is 43.5. The van der Waals surface area contributed by atoms with Crippen molar-refractivity contribution >= 4 is 46.8 Å². The lowest BCUT2D eigenvalue weighted by Gasteiger charge is -2.19. The predicted molar refractivity (Wildman–Crippen MR) is 203 cm³/mol. The first-order chi connectivity index (χ1) is 27.3. The monoisotopic (exact) mass is 796 g/mol. The highest BCUT2D eigenvalue weighted by Gasteiger charge is 2.23. The minimum absolute atomic E-state index is 0.00427. The fraction of sp³-hybridized carbons (Fsp3) is 0.395. The molecule has 0 aliphatic carbocycles. The Hall–Kier alpha value is -6.21. The van der Waals surface area contributed by atoms with Gasteiger partial charge in [0.05, 0.1) is 38.8 Å². The van der Waals surface area contributed by atoms with Crippen molar-refractivity contribution in [2.24, 2.45) is 5.73 Å². The Bertz CT molecular complexity index is 2060. The second kappa shape index (κ2) is 21.2. The Morgan fingerprint density at radius 1 is 0.982 bits per heavy atom. The van der Waals surface area contributed by atoms with Crippen molar-refractivity contribution < 1.29 is 52.1 Å². The number of fused-ring (bicyclic) bond motifs is 1. The van der Waals surface area contributed by atoms with Gasteiger partial charge in [0.2, 0.25) is 17.6 Å². The smallest absolute Gasteiger partial charge is 0.320 e. The molecule has 19 heteroatoms. The van der Waals surface area contributed by atoms with Gasteiger partial charge in [-0.1, -0.05) is 6.92 Å². The van der Waals surface area contributed by atoms with Gasteiger partial charge in [-0.2, -0.15) is 4.39 Å². The summed E-state index contributed by atoms with van der Waals surface area (Å²) in [6.45, 7) is 3.73. The molecule has 7 N–H and O–H groups in total. The van der Waals surface area contributed by atoms with Crippen molar-refractivity contribution in [3.63, 3.8) is 0 Å². The molecule has 0 bridgehead atoms. The highest BCUT2D eigenvalue weighted by atomic mass is 19.2. The number of nitrogens with two attached hydrogens (primary N) is 1. The molecule has 2 heterocycles. The van der Waals surface area contributed by atoms with Gasteiger partial charge < -0.3 is 46.3 Å². The van der Waals surface area contributed by atoms with Gasteiger partial charge in [-0.3, -0.25) is 28.4 Å². The highest BCUT2D eigenvalue weighted by molar-refractivity contribution is 5.96. The molecule has 0 aliphatic heterocycles. The van der Waals surface area contributed by atoms with Crippen LogP contribution in [0, 0.1) is 11.6 Å². The van der Waals surface area contributed by atoms with Gasteiger partial charge in [-0.25, -0.2) is 14.4 Å². The number of aliphatic carboxylic acids is 1. The van der Waals surface area contributed by atoms with E-state index in [1.165, 1.54) is 38.6 Å². The van der Waals surface area contributed by atoms with Crippen LogP contribution < -0.4 is 31.7 Å². The van der Waals surface area contributed by atoms with Crippen molar-refractivity contribution in [2.75, 3.05) is 45.3 Å². The number of ether oxygens (including phenoxy) is 3. The van der Waals surface area contributed by atoms with E-state index in [2.05, 4.69) is 31.2 Å². The van der Waals surface area contributed by atoms with Crippen molar-refractivity contribution in [3.05, 3.63) is 71.7 Å². The van der Waals surface area contributed by atoms with Gasteiger partial charge in [0.1, 0.15) is 12.1 Å². The van der Waals surface area contributed by atoms with Crippen LogP contribution in [0.2, 0.25) is 0 Å². The molecule has 57 heavy (non-hydrogen) atoms. The average molecular weight is 797 g/mol. The fourth-order valence-corrected chi connectivity index (χ4v) is 5.67. The van der Waals surface area contributed by atoms with Crippen LogP contribution in [0.5, 0.6) is 5.75 Å². The molecule has 2 atom stereocenters. The van der Waals surface area contributed by atoms with E-state index in [1.54, 1.807) is 28.8 Å². The van der Waals surface area contributed by atoms with Crippen LogP contribution in [-0.2, 0) is 35.1 Å². The lowest BCUT2D eigenvalue weighted by Crippen LogP contribution is -2.48. The molecule has 0 radical (unpaired) electrons. The Labute approximate surface area is 326 Å². The number of hydrogen-bond donors (Lipinski definition) is 6. The van der Waals surface area contributed by atoms with E-state index in [0.29, 0.717) is 41.3 Å². The van der Waals surface area contributed by atoms with E-state index in [0.717, 1.165) is 5.56 Å². The van der Waals surface area contributed by atoms with Crippen LogP contribution in [0.1, 0.15) is 55.5 Å². The van der Waals surface area contributed by atoms with Crippen molar-refractivity contribution in [1.82, 2.24) is 30.3 Å². The molecule has 3 amide bonds. The number of aromatic nitrogens is 3. The molecule has 0 saturated carbocycles. The third-order valence-electron chi connectivity index (χ3n) is 8.64. The molecule has 0 unspecified atom stereocenters. The number of nitrogens with one attached hydrogen (secondary N) is 4. The van der Waals surface area contributed by atoms with Crippen molar-refractivity contribution in [2.45, 2.75) is 58.0 Å². The topological polar surface area (TPSA) is 238 Å². The van der Waals surface area contributed by atoms with E-state index in [1.807, 2.05) is 6.92 Å². The molecule has 2 aromatic heterocycles. The van der Waals surface area contributed by atoms with Gasteiger partial charge in [-0.15, -0.1) is 0 Å². The summed E-state index contributed by atoms with van der Waals surface area (Å²) >= 11 is 0. The van der Waals surface area contributed by atoms with Crippen LogP contribution >= 0.6 is 0 Å². The number of carbonyl (C=O) groups is 5. The maximum atomic E-state index is 14.9. The summed E-state index contributed by atoms with van der Waals surface area (Å²) in [5, 5.41) is 20.2. The molecule has 0 saturated heterocycles. The predicted octanol–water partition coefficient (Wildman–Crippen LogP) is 2.87. The third kappa shape index (κ3) is 12.1. The summed E-state index contributed by atoms with van der Waals surface area (Å²) in [5.74, 6) is -5.13. The van der Waals surface area contributed by atoms with Gasteiger partial charge in [0.25, 0.3) is 5.91 Å². The van der Waals surface area contributed by atoms with Crippen molar-refractivity contribution in [1.29, 1.82) is 0 Å². The average Bonchev–Trinajstić information content (AvgIpc) is 3.63. The number of nitrogens with zero attached hydrogens (tertiary/aromatic N) is 3. The van der Waals surface area contributed by atoms with Gasteiger partial charge in [0.15, 0.2) is 23.0 Å². The van der Waals surface area contributed by atoms with Crippen LogP contribution in [0.3, 0.4) is 0 Å². The van der Waals surface area contributed by atoms with E-state index >= 15 is 0 Å². The molecule has 4 aromatic rings. The maximum Gasteiger partial charge on any atom is 0.320 e. The molecule has 0 spiro atoms. The number of hydrogen-bond acceptors (Lipinski definition) is 12. The lowest BCUT2D eigenvalue weighted by atomic mass is 10.0. The SMILES string of the molecule is CCc1cc(Nc2nccn3c(-c4ccc(OC)c(F)c4F)cnc23)ccc1C(=O)NCCOCCNC(=O)[C@H](CCCOC(C)=O)NC(=O)CC[C@H](N)C(=O)O. The van der Waals surface area contributed by atoms with Crippen LogP contribution in [0.15, 0.2) is 48.9 Å². The zero-order chi connectivity index (χ0) is 41.5. The molecular formula is C38H46F2N8O9. The van der Waals surface area contributed by atoms with E-state index in [9.17, 15) is 32.8 Å². The summed E-state index contributed by atoms with van der Waals surface area (Å²) in [6.07, 6.45) is 5.17. The van der Waals surface area contributed by atoms with Crippen LogP contribution in [0.25, 0.3) is 16.9 Å². The molecule has 4 rings (SSSR count). The Morgan fingerprint density at radius 2 is 1.74 bits per heavy atom. The Kier molecular flexibility index (Phi) is 16.2. The molecule has 306 valence electrons. The summed E-state index contributed by atoms with van der Waals surface area (Å²) < 4.78 is 46.3. The second-order valence-corrected chi connectivity index (χ2v) is 12.7. The van der Waals surface area contributed by atoms with Gasteiger partial charge >= 0.3 is 11.9 Å². The number of aryl methyl sites for hydroxylation is 1. The number of esters is 1. The zero-order valence-electron chi connectivity index (χ0n) is 31.7. The number of amides is 3. The largest absolute Gasteiger partial charge is 0.494 e. The third-order valence-corrected chi connectivity index (χ3v) is 8.64. The zero-order valence-corrected chi connectivity index (χ0v) is 31.7. The number of carboxylic acid groups (broad SMARTS) is 1. The number of imidazole rings is 1. The van der Waals surface area contributed by atoms with E-state index in [-0.39, 0.29) is 69.4 Å². The van der Waals surface area contributed by atoms with Gasteiger partial charge in [0, 0.05) is 55.6 Å². The van der Waals surface area contributed by atoms with E-state index in [4.69, 9.17) is 25.1 Å². The van der Waals surface area contributed by atoms with Gasteiger partial charge in [-0.05, 0) is 61.6 Å². The molecule has 2 aromatic carbocycles. The quantitative estimate of drug-likeness (QED) is 0.0496. The minimum atomic E-state index is -1.24. The normalized spacial score (nSPS) is 12.0. The molecule has 0 fully saturated rings. The molecule has 0 aliphatic rings. The fourth-order valence-electron chi connectivity index (χ4n) is 5.67. The summed E-state index contributed by atoms with van der Waals surface area (Å²) in [6, 6.07) is 5.75. The first-order valence-electron chi connectivity index (χ1n) is 18.1. The maximum absolute atomic E-state index is 14.9. The summed E-state index contributed by atoms with van der Waals surface area (Å²) in [5.41, 5.74) is 7.94. The van der Waals surface area contributed by atoms with Crippen LogP contribution in [-0.4, -0.2) is 101 Å². The summed E-state index contributed by atoms with van der Waals surface area (Å²) in [4.78, 5) is 69.0. The molecular weight excluding hydrogens is 750 g/mol. The van der Waals surface area contributed by atoms with E-state index < -0.39 is 47.5 Å². The number of rotatable bonds is 22. The first-order valence-corrected chi connectivity index (χ1v) is 18.1. The Morgan fingerprint density at radius 3 is 2.44 bits per heavy atom. The van der Waals surface area contributed by atoms with Crippen LogP contribution in [0.4, 0.5) is 20.3 Å². The number of carboxylic acids is 1. The number of carbonyl (C=O) groups excluding carboxylic acids is 4. The lowest BCUT2D eigenvalue weighted by molar-refractivity contribution is -0.141. The standard InChI is InChI=1S/C38H46F2N8O9/c1-4-23-20-24(46-34-35-45-21-29(48(35)16-13-42-34)26-9-11-30(55-3)33(40)32(26)39)7-8-25(23)36(51)43-14-18-56-19-15-44-37(52)28(6-5-17-57-22(2)49)47-31(50)12-10-27(41)38(53)54/h7-9,11,13,16,20-21,27-28H,4-6,10,12,14-15,17-19,41H2,1-3H3,(H,42,46)(H,43,51)(H,44,52)(H,47,50)(H,53,54)/t27-,28-/m0/s1. The number of anilines is 2. The number of methoxy groups -OCH3 is 1.